The number of nitrogens with one attached hydrogen (secondary N) is 1. The van der Waals surface area contributed by atoms with Gasteiger partial charge < -0.3 is 5.32 Å². The Kier molecular flexibility index (Phi) is 7.88. The van der Waals surface area contributed by atoms with Crippen LogP contribution in [0.25, 0.3) is 5.57 Å². The van der Waals surface area contributed by atoms with Crippen LogP contribution in [0.3, 0.4) is 0 Å². The van der Waals surface area contributed by atoms with Gasteiger partial charge in [-0.05, 0) is 66.1 Å². The molecule has 1 fully saturated rings. The highest BCUT2D eigenvalue weighted by Gasteiger charge is 2.29. The number of rotatable bonds is 7. The van der Waals surface area contributed by atoms with Crippen molar-refractivity contribution in [2.45, 2.75) is 56.4 Å². The first-order valence-corrected chi connectivity index (χ1v) is 14.8. The molecule has 2 aromatic carbocycles. The molecule has 1 aliphatic carbocycles. The van der Waals surface area contributed by atoms with E-state index in [-0.39, 0.29) is 28.6 Å². The Labute approximate surface area is 219 Å². The number of allylic oxidation sites excluding steroid dienone is 1. The van der Waals surface area contributed by atoms with E-state index >= 15 is 0 Å². The molecule has 1 saturated heterocycles. The zero-order chi connectivity index (χ0) is 25.8. The number of carbonyl (C=O) groups is 2. The average Bonchev–Trinajstić information content (AvgIpc) is 3.20. The summed E-state index contributed by atoms with van der Waals surface area (Å²) in [6, 6.07) is 13.4. The maximum Gasteiger partial charge on any atom is 0.252 e. The minimum Gasteiger partial charge on any atom is -0.352 e. The number of hydrogen-bond donors (Lipinski definition) is 1. The van der Waals surface area contributed by atoms with Crippen LogP contribution in [0.15, 0.2) is 53.4 Å². The Hall–Kier alpha value is -2.81. The summed E-state index contributed by atoms with van der Waals surface area (Å²) in [6.07, 6.45) is 7.16. The maximum absolute atomic E-state index is 13.3. The van der Waals surface area contributed by atoms with Gasteiger partial charge >= 0.3 is 0 Å². The summed E-state index contributed by atoms with van der Waals surface area (Å²) >= 11 is 0. The lowest BCUT2D eigenvalue weighted by atomic mass is 9.89. The molecular formula is C29H35N3O4S. The second kappa shape index (κ2) is 11.3. The van der Waals surface area contributed by atoms with Gasteiger partial charge in [0.1, 0.15) is 0 Å². The van der Waals surface area contributed by atoms with E-state index in [4.69, 9.17) is 0 Å². The summed E-state index contributed by atoms with van der Waals surface area (Å²) in [6.45, 7) is 4.33. The SMILES string of the molecule is O=C1C=C(C(=O)NCCCN2CCc3ccccc3C2)c2cc(S(=O)(=O)N3CCCCCC3)ccc2C1. The smallest absolute Gasteiger partial charge is 0.252 e. The maximum atomic E-state index is 13.3. The molecule has 0 bridgehead atoms. The number of amides is 1. The molecular weight excluding hydrogens is 486 g/mol. The highest BCUT2D eigenvalue weighted by molar-refractivity contribution is 7.89. The molecule has 0 unspecified atom stereocenters. The highest BCUT2D eigenvalue weighted by atomic mass is 32.2. The fraction of sp³-hybridized carbons (Fsp3) is 0.448. The van der Waals surface area contributed by atoms with Crippen molar-refractivity contribution in [1.82, 2.24) is 14.5 Å². The second-order valence-corrected chi connectivity index (χ2v) is 12.2. The second-order valence-electron chi connectivity index (χ2n) is 10.2. The van der Waals surface area contributed by atoms with Gasteiger partial charge in [-0.15, -0.1) is 0 Å². The molecule has 0 radical (unpaired) electrons. The molecule has 2 aromatic rings. The van der Waals surface area contributed by atoms with Gasteiger partial charge in [-0.2, -0.15) is 4.31 Å². The molecule has 0 atom stereocenters. The van der Waals surface area contributed by atoms with Crippen LogP contribution in [0, 0.1) is 0 Å². The van der Waals surface area contributed by atoms with E-state index in [1.165, 1.54) is 17.2 Å². The molecule has 0 spiro atoms. The van der Waals surface area contributed by atoms with Crippen LogP contribution in [0.5, 0.6) is 0 Å². The van der Waals surface area contributed by atoms with Gasteiger partial charge in [0.15, 0.2) is 5.78 Å². The summed E-state index contributed by atoms with van der Waals surface area (Å²) in [4.78, 5) is 28.1. The number of nitrogens with zero attached hydrogens (tertiary/aromatic N) is 2. The van der Waals surface area contributed by atoms with Crippen LogP contribution >= 0.6 is 0 Å². The Balaban J connectivity index is 1.23. The van der Waals surface area contributed by atoms with Crippen LogP contribution < -0.4 is 5.32 Å². The minimum absolute atomic E-state index is 0.146. The van der Waals surface area contributed by atoms with Gasteiger partial charge in [0.05, 0.1) is 10.5 Å². The van der Waals surface area contributed by atoms with E-state index in [1.807, 2.05) is 0 Å². The Morgan fingerprint density at radius 2 is 1.68 bits per heavy atom. The molecule has 2 aliphatic heterocycles. The van der Waals surface area contributed by atoms with E-state index < -0.39 is 10.0 Å². The van der Waals surface area contributed by atoms with Crippen molar-refractivity contribution >= 4 is 27.3 Å². The number of ketones is 1. The summed E-state index contributed by atoms with van der Waals surface area (Å²) in [5, 5.41) is 2.96. The molecule has 1 amide bonds. The number of fused-ring (bicyclic) bond motifs is 2. The summed E-state index contributed by atoms with van der Waals surface area (Å²) in [5.74, 6) is -0.477. The number of benzene rings is 2. The standard InChI is InChI=1S/C29H35N3O4S/c33-25-18-23-10-11-26(37(35,36)32-15-5-1-2-6-16-32)20-27(23)28(19-25)29(34)30-13-7-14-31-17-12-22-8-3-4-9-24(22)21-31/h3-4,8-11,19-20H,1-2,5-7,12-18,21H2,(H,30,34). The molecule has 2 heterocycles. The van der Waals surface area contributed by atoms with Crippen LogP contribution in [-0.4, -0.2) is 62.0 Å². The number of hydrogen-bond acceptors (Lipinski definition) is 5. The van der Waals surface area contributed by atoms with Gasteiger partial charge in [-0.1, -0.05) is 43.2 Å². The molecule has 8 heteroatoms. The number of carbonyl (C=O) groups excluding carboxylic acids is 2. The summed E-state index contributed by atoms with van der Waals surface area (Å²) < 4.78 is 28.2. The van der Waals surface area contributed by atoms with Crippen molar-refractivity contribution in [3.63, 3.8) is 0 Å². The Morgan fingerprint density at radius 1 is 0.919 bits per heavy atom. The van der Waals surface area contributed by atoms with Crippen LogP contribution in [0.4, 0.5) is 0 Å². The third-order valence-corrected chi connectivity index (χ3v) is 9.53. The first-order valence-electron chi connectivity index (χ1n) is 13.4. The molecule has 37 heavy (non-hydrogen) atoms. The van der Waals surface area contributed by atoms with Crippen LogP contribution in [0.1, 0.15) is 54.4 Å². The minimum atomic E-state index is -3.65. The topological polar surface area (TPSA) is 86.8 Å². The zero-order valence-corrected chi connectivity index (χ0v) is 22.1. The predicted molar refractivity (Wildman–Crippen MR) is 143 cm³/mol. The monoisotopic (exact) mass is 521 g/mol. The van der Waals surface area contributed by atoms with E-state index in [1.54, 1.807) is 22.5 Å². The van der Waals surface area contributed by atoms with Gasteiger partial charge in [0, 0.05) is 45.7 Å². The third-order valence-electron chi connectivity index (χ3n) is 7.64. The van der Waals surface area contributed by atoms with E-state index in [9.17, 15) is 18.0 Å². The van der Waals surface area contributed by atoms with Gasteiger partial charge in [0.25, 0.3) is 5.91 Å². The van der Waals surface area contributed by atoms with Crippen LogP contribution in [0.2, 0.25) is 0 Å². The fourth-order valence-corrected chi connectivity index (χ4v) is 7.11. The Bertz CT molecular complexity index is 1310. The predicted octanol–water partition coefficient (Wildman–Crippen LogP) is 3.32. The lowest BCUT2D eigenvalue weighted by Crippen LogP contribution is -2.34. The van der Waals surface area contributed by atoms with Crippen molar-refractivity contribution in [1.29, 1.82) is 0 Å². The molecule has 3 aliphatic rings. The average molecular weight is 522 g/mol. The molecule has 196 valence electrons. The number of sulfonamides is 1. The lowest BCUT2D eigenvalue weighted by Gasteiger charge is -2.28. The van der Waals surface area contributed by atoms with Gasteiger partial charge in [0.2, 0.25) is 10.0 Å². The van der Waals surface area contributed by atoms with E-state index in [0.29, 0.717) is 30.8 Å². The zero-order valence-electron chi connectivity index (χ0n) is 21.2. The lowest BCUT2D eigenvalue weighted by molar-refractivity contribution is -0.117. The van der Waals surface area contributed by atoms with Crippen molar-refractivity contribution in [2.75, 3.05) is 32.7 Å². The molecule has 1 N–H and O–H groups in total. The highest BCUT2D eigenvalue weighted by Crippen LogP contribution is 2.30. The molecule has 5 rings (SSSR count). The normalized spacial score (nSPS) is 18.9. The molecule has 0 aromatic heterocycles. The first-order chi connectivity index (χ1) is 17.9. The third kappa shape index (κ3) is 5.87. The van der Waals surface area contributed by atoms with Crippen molar-refractivity contribution < 1.29 is 18.0 Å². The molecule has 7 nitrogen and oxygen atoms in total. The van der Waals surface area contributed by atoms with Gasteiger partial charge in [-0.25, -0.2) is 8.42 Å². The van der Waals surface area contributed by atoms with E-state index in [0.717, 1.165) is 58.2 Å². The largest absolute Gasteiger partial charge is 0.352 e. The van der Waals surface area contributed by atoms with Crippen molar-refractivity contribution in [3.05, 3.63) is 70.8 Å². The van der Waals surface area contributed by atoms with Crippen LogP contribution in [-0.2, 0) is 39.0 Å². The van der Waals surface area contributed by atoms with Crippen molar-refractivity contribution in [3.8, 4) is 0 Å². The van der Waals surface area contributed by atoms with Gasteiger partial charge in [-0.3, -0.25) is 14.5 Å². The quantitative estimate of drug-likeness (QED) is 0.565. The van der Waals surface area contributed by atoms with E-state index in [2.05, 4.69) is 34.5 Å². The first kappa shape index (κ1) is 25.8. The summed E-state index contributed by atoms with van der Waals surface area (Å²) in [5.41, 5.74) is 4.27. The fourth-order valence-electron chi connectivity index (χ4n) is 5.56. The summed E-state index contributed by atoms with van der Waals surface area (Å²) in [7, 11) is -3.65. The Morgan fingerprint density at radius 3 is 2.46 bits per heavy atom. The van der Waals surface area contributed by atoms with Crippen molar-refractivity contribution in [2.24, 2.45) is 0 Å². The molecule has 0 saturated carbocycles.